The van der Waals surface area contributed by atoms with Crippen LogP contribution in [0.3, 0.4) is 0 Å². The Morgan fingerprint density at radius 3 is 1.80 bits per heavy atom. The van der Waals surface area contributed by atoms with Crippen LogP contribution in [-0.4, -0.2) is 23.7 Å². The molecule has 1 unspecified atom stereocenters. The van der Waals surface area contributed by atoms with Gasteiger partial charge in [-0.1, -0.05) is 58.3 Å². The third-order valence-corrected chi connectivity index (χ3v) is 5.02. The van der Waals surface area contributed by atoms with Crippen molar-refractivity contribution in [2.75, 3.05) is 0 Å². The molecule has 1 atom stereocenters. The first kappa shape index (κ1) is 22.3. The molecule has 0 rings (SSSR count). The van der Waals surface area contributed by atoms with E-state index >= 15 is 0 Å². The second kappa shape index (κ2) is 10.7. The summed E-state index contributed by atoms with van der Waals surface area (Å²) in [6.07, 6.45) is 7.93. The van der Waals surface area contributed by atoms with Crippen molar-refractivity contribution in [2.24, 2.45) is 0 Å². The van der Waals surface area contributed by atoms with E-state index < -0.39 is 20.8 Å². The second-order valence-electron chi connectivity index (χ2n) is 5.22. The third kappa shape index (κ3) is 7.68. The third-order valence-electron chi connectivity index (χ3n) is 3.51. The fraction of sp³-hybridized carbons (Fsp3) is 0.923. The summed E-state index contributed by atoms with van der Waals surface area (Å²) in [6.45, 7) is 3.15. The Balaban J connectivity index is 0. The topological polar surface area (TPSA) is 94.5 Å². The Morgan fingerprint density at radius 1 is 1.05 bits per heavy atom. The smallest absolute Gasteiger partial charge is 0.548 e. The van der Waals surface area contributed by atoms with Gasteiger partial charge in [0.1, 0.15) is 4.75 Å². The van der Waals surface area contributed by atoms with E-state index in [1.807, 2.05) is 0 Å². The molecule has 0 aromatic heterocycles. The van der Waals surface area contributed by atoms with Crippen LogP contribution in [0.4, 0.5) is 0 Å². The van der Waals surface area contributed by atoms with Gasteiger partial charge in [0, 0.05) is 0 Å². The van der Waals surface area contributed by atoms with Crippen molar-refractivity contribution >= 4 is 16.1 Å². The first-order valence-corrected chi connectivity index (χ1v) is 8.38. The zero-order chi connectivity index (χ0) is 14.9. The molecule has 1 N–H and O–H groups in total. The van der Waals surface area contributed by atoms with E-state index in [9.17, 15) is 18.3 Å². The van der Waals surface area contributed by atoms with Crippen LogP contribution in [0.25, 0.3) is 0 Å². The van der Waals surface area contributed by atoms with Crippen LogP contribution in [0.2, 0.25) is 0 Å². The van der Waals surface area contributed by atoms with E-state index in [0.717, 1.165) is 32.6 Å². The van der Waals surface area contributed by atoms with Crippen molar-refractivity contribution in [3.05, 3.63) is 0 Å². The van der Waals surface area contributed by atoms with E-state index in [-0.39, 0.29) is 25.3 Å². The maximum absolute atomic E-state index is 11.1. The normalized spacial score (nSPS) is 14.3. The molecular weight excluding hydrogens is 275 g/mol. The molecule has 0 aliphatic heterocycles. The number of rotatable bonds is 11. The van der Waals surface area contributed by atoms with E-state index in [1.54, 1.807) is 0 Å². The summed E-state index contributed by atoms with van der Waals surface area (Å²) < 4.78 is 28.9. The van der Waals surface area contributed by atoms with E-state index in [0.29, 0.717) is 6.42 Å². The van der Waals surface area contributed by atoms with Crippen molar-refractivity contribution < 1.29 is 41.7 Å². The minimum atomic E-state index is -4.63. The van der Waals surface area contributed by atoms with Crippen LogP contribution in [0.5, 0.6) is 0 Å². The summed E-state index contributed by atoms with van der Waals surface area (Å²) in [5.41, 5.74) is 0. The summed E-state index contributed by atoms with van der Waals surface area (Å²) in [4.78, 5) is 10.9. The Morgan fingerprint density at radius 2 is 1.45 bits per heavy atom. The quantitative estimate of drug-likeness (QED) is 0.297. The first-order valence-electron chi connectivity index (χ1n) is 6.94. The Labute approximate surface area is 134 Å². The van der Waals surface area contributed by atoms with Gasteiger partial charge in [0.15, 0.2) is 0 Å². The molecule has 0 saturated carbocycles. The summed E-state index contributed by atoms with van der Waals surface area (Å²) in [5, 5.41) is 10.9. The van der Waals surface area contributed by atoms with Gasteiger partial charge in [0.05, 0.1) is 5.97 Å². The molecule has 0 aliphatic carbocycles. The number of carbonyl (C=O) groups excluding carboxylic acids is 1. The minimum absolute atomic E-state index is 0. The monoisotopic (exact) mass is 300 g/mol. The van der Waals surface area contributed by atoms with Gasteiger partial charge >= 0.3 is 18.9 Å². The number of hydrogen-bond donors (Lipinski definition) is 1. The van der Waals surface area contributed by atoms with Crippen molar-refractivity contribution in [3.63, 3.8) is 0 Å². The molecule has 0 saturated heterocycles. The molecule has 0 fully saturated rings. The molecule has 0 radical (unpaired) electrons. The van der Waals surface area contributed by atoms with Crippen LogP contribution in [-0.2, 0) is 14.9 Å². The maximum atomic E-state index is 11.1. The molecule has 7 heteroatoms. The summed E-state index contributed by atoms with van der Waals surface area (Å²) in [6, 6.07) is 0. The Bertz CT molecular complexity index is 369. The summed E-state index contributed by atoms with van der Waals surface area (Å²) in [5.74, 6) is -1.74. The van der Waals surface area contributed by atoms with E-state index in [4.69, 9.17) is 4.55 Å². The number of carbonyl (C=O) groups is 1. The number of aliphatic carboxylic acids is 1. The van der Waals surface area contributed by atoms with Gasteiger partial charge in [-0.3, -0.25) is 4.55 Å². The maximum Gasteiger partial charge on any atom is 1.00 e. The number of carboxylic acid groups (broad SMARTS) is 1. The molecule has 0 aliphatic rings. The summed E-state index contributed by atoms with van der Waals surface area (Å²) >= 11 is 0. The molecule has 0 aromatic rings. The minimum Gasteiger partial charge on any atom is -0.548 e. The van der Waals surface area contributed by atoms with Gasteiger partial charge in [0.25, 0.3) is 10.1 Å². The van der Waals surface area contributed by atoms with Crippen LogP contribution in [0, 0.1) is 0 Å². The van der Waals surface area contributed by atoms with Crippen molar-refractivity contribution in [2.45, 2.75) is 76.4 Å². The number of carboxylic acids is 1. The molecule has 5 nitrogen and oxygen atoms in total. The van der Waals surface area contributed by atoms with Gasteiger partial charge in [-0.25, -0.2) is 0 Å². The van der Waals surface area contributed by atoms with Gasteiger partial charge in [-0.05, 0) is 13.3 Å². The predicted molar refractivity (Wildman–Crippen MR) is 72.2 cm³/mol. The average Bonchev–Trinajstić information content (AvgIpc) is 2.30. The van der Waals surface area contributed by atoms with Gasteiger partial charge in [0.2, 0.25) is 0 Å². The van der Waals surface area contributed by atoms with Crippen LogP contribution in [0.1, 0.15) is 71.6 Å². The molecule has 0 spiro atoms. The second-order valence-corrected chi connectivity index (χ2v) is 7.07. The average molecular weight is 300 g/mol. The van der Waals surface area contributed by atoms with Crippen molar-refractivity contribution in [1.29, 1.82) is 0 Å². The Hall–Kier alpha value is -0.0226. The van der Waals surface area contributed by atoms with Gasteiger partial charge in [-0.15, -0.1) is 0 Å². The van der Waals surface area contributed by atoms with Gasteiger partial charge in [-0.2, -0.15) is 8.42 Å². The zero-order valence-corrected chi connectivity index (χ0v) is 13.7. The Kier molecular flexibility index (Phi) is 11.9. The van der Waals surface area contributed by atoms with Crippen LogP contribution in [0.15, 0.2) is 0 Å². The molecule has 0 aromatic carbocycles. The fourth-order valence-electron chi connectivity index (χ4n) is 1.93. The molecular formula is C13H25LiO5S. The van der Waals surface area contributed by atoms with Crippen LogP contribution >= 0.6 is 0 Å². The standard InChI is InChI=1S/C13H26O5S.Li/c1-3-4-5-6-7-8-9-10-11-13(2,12(14)15)19(16,17)18;/h3-11H2,1-2H3,(H,14,15)(H,16,17,18);/q;+1/p-1. The SMILES string of the molecule is CCCCCCCCCCC(C)(C(=O)[O-])S(=O)(=O)O.[Li+]. The summed E-state index contributed by atoms with van der Waals surface area (Å²) in [7, 11) is -4.63. The molecule has 0 bridgehead atoms. The molecule has 0 amide bonds. The molecule has 114 valence electrons. The largest absolute Gasteiger partial charge is 1.00 e. The van der Waals surface area contributed by atoms with E-state index in [2.05, 4.69) is 6.92 Å². The molecule has 20 heavy (non-hydrogen) atoms. The molecule has 0 heterocycles. The zero-order valence-electron chi connectivity index (χ0n) is 12.9. The number of unbranched alkanes of at least 4 members (excludes halogenated alkanes) is 7. The number of hydrogen-bond acceptors (Lipinski definition) is 4. The van der Waals surface area contributed by atoms with Crippen molar-refractivity contribution in [1.82, 2.24) is 0 Å². The van der Waals surface area contributed by atoms with E-state index in [1.165, 1.54) is 19.3 Å². The van der Waals surface area contributed by atoms with Gasteiger partial charge < -0.3 is 9.90 Å². The fourth-order valence-corrected chi connectivity index (χ4v) is 2.55. The van der Waals surface area contributed by atoms with Crippen LogP contribution < -0.4 is 24.0 Å². The predicted octanol–water partition coefficient (Wildman–Crippen LogP) is -1.08. The first-order chi connectivity index (χ1) is 8.75. The van der Waals surface area contributed by atoms with Crippen molar-refractivity contribution in [3.8, 4) is 0 Å².